The molecule has 20 heavy (non-hydrogen) atoms. The zero-order valence-corrected chi connectivity index (χ0v) is 11.7. The molecule has 0 aromatic heterocycles. The van der Waals surface area contributed by atoms with Crippen LogP contribution >= 0.6 is 0 Å². The summed E-state index contributed by atoms with van der Waals surface area (Å²) in [4.78, 5) is 22.2. The van der Waals surface area contributed by atoms with Gasteiger partial charge in [-0.25, -0.2) is 4.79 Å². The third kappa shape index (κ3) is 5.15. The molecule has 1 rings (SSSR count). The number of hydrogen-bond donors (Lipinski definition) is 2. The standard InChI is InChI=1S/C13H17BN2O4/c1-9(17)15-12-8-10(5-7-13(18)19-2)4-6-11(12)16-14-20-3/h4-8,14,16H,1-3H3,(H,15,17)/b7-5+. The number of carbonyl (C=O) groups is 2. The highest BCUT2D eigenvalue weighted by atomic mass is 16.5. The molecule has 1 aromatic rings. The van der Waals surface area contributed by atoms with E-state index in [4.69, 9.17) is 4.65 Å². The van der Waals surface area contributed by atoms with Crippen molar-refractivity contribution < 1.29 is 19.0 Å². The Morgan fingerprint density at radius 3 is 2.60 bits per heavy atom. The predicted octanol–water partition coefficient (Wildman–Crippen LogP) is 1.16. The van der Waals surface area contributed by atoms with Crippen molar-refractivity contribution >= 4 is 36.9 Å². The van der Waals surface area contributed by atoms with E-state index in [1.807, 2.05) is 6.07 Å². The molecule has 0 unspecified atom stereocenters. The van der Waals surface area contributed by atoms with Crippen molar-refractivity contribution in [3.05, 3.63) is 29.8 Å². The van der Waals surface area contributed by atoms with E-state index >= 15 is 0 Å². The minimum absolute atomic E-state index is 0.181. The minimum atomic E-state index is -0.437. The van der Waals surface area contributed by atoms with Gasteiger partial charge in [-0.3, -0.25) is 4.79 Å². The fourth-order valence-electron chi connectivity index (χ4n) is 1.49. The largest absolute Gasteiger partial charge is 0.466 e. The van der Waals surface area contributed by atoms with Gasteiger partial charge in [0.05, 0.1) is 12.8 Å². The second kappa shape index (κ2) is 8.01. The van der Waals surface area contributed by atoms with Gasteiger partial charge in [0.25, 0.3) is 0 Å². The van der Waals surface area contributed by atoms with Crippen LogP contribution in [-0.4, -0.2) is 33.7 Å². The molecule has 0 radical (unpaired) electrons. The highest BCUT2D eigenvalue weighted by Gasteiger charge is 2.05. The fourth-order valence-corrected chi connectivity index (χ4v) is 1.49. The van der Waals surface area contributed by atoms with E-state index < -0.39 is 5.97 Å². The van der Waals surface area contributed by atoms with E-state index in [2.05, 4.69) is 15.3 Å². The lowest BCUT2D eigenvalue weighted by atomic mass is 10.1. The summed E-state index contributed by atoms with van der Waals surface area (Å²) in [6.07, 6.45) is 2.92. The second-order valence-corrected chi connectivity index (χ2v) is 3.95. The van der Waals surface area contributed by atoms with Crippen LogP contribution in [0.2, 0.25) is 0 Å². The van der Waals surface area contributed by atoms with Crippen LogP contribution in [-0.2, 0) is 19.0 Å². The average molecular weight is 276 g/mol. The summed E-state index contributed by atoms with van der Waals surface area (Å²) in [5.41, 5.74) is 2.11. The van der Waals surface area contributed by atoms with Crippen LogP contribution in [0.15, 0.2) is 24.3 Å². The van der Waals surface area contributed by atoms with Crippen molar-refractivity contribution in [3.63, 3.8) is 0 Å². The van der Waals surface area contributed by atoms with E-state index in [0.29, 0.717) is 13.3 Å². The van der Waals surface area contributed by atoms with Gasteiger partial charge in [-0.15, -0.1) is 0 Å². The molecule has 0 bridgehead atoms. The molecule has 0 aliphatic heterocycles. The molecular formula is C13H17BN2O4. The molecule has 0 aliphatic carbocycles. The summed E-state index contributed by atoms with van der Waals surface area (Å²) in [7, 11) is 3.20. The number of nitrogens with one attached hydrogen (secondary N) is 2. The lowest BCUT2D eigenvalue weighted by molar-refractivity contribution is -0.134. The molecule has 1 aromatic carbocycles. The minimum Gasteiger partial charge on any atom is -0.466 e. The van der Waals surface area contributed by atoms with Crippen molar-refractivity contribution in [1.29, 1.82) is 0 Å². The predicted molar refractivity (Wildman–Crippen MR) is 79.6 cm³/mol. The SMILES string of the molecule is COBNc1ccc(/C=C/C(=O)OC)cc1NC(C)=O. The van der Waals surface area contributed by atoms with E-state index in [0.717, 1.165) is 11.3 Å². The summed E-state index contributed by atoms with van der Waals surface area (Å²) in [5.74, 6) is -0.618. The summed E-state index contributed by atoms with van der Waals surface area (Å²) >= 11 is 0. The summed E-state index contributed by atoms with van der Waals surface area (Å²) in [5, 5.41) is 5.74. The molecule has 0 aliphatic rings. The van der Waals surface area contributed by atoms with Gasteiger partial charge in [0, 0.05) is 25.8 Å². The molecule has 2 N–H and O–H groups in total. The van der Waals surface area contributed by atoms with E-state index in [9.17, 15) is 9.59 Å². The molecule has 0 atom stereocenters. The summed E-state index contributed by atoms with van der Waals surface area (Å²) in [6.45, 7) is 1.43. The van der Waals surface area contributed by atoms with Crippen LogP contribution in [0.1, 0.15) is 12.5 Å². The Labute approximate surface area is 118 Å². The molecule has 0 fully saturated rings. The molecule has 6 nitrogen and oxygen atoms in total. The van der Waals surface area contributed by atoms with Crippen LogP contribution in [0.5, 0.6) is 0 Å². The second-order valence-electron chi connectivity index (χ2n) is 3.95. The smallest absolute Gasteiger partial charge is 0.393 e. The van der Waals surface area contributed by atoms with Gasteiger partial charge in [0.1, 0.15) is 0 Å². The molecule has 1 amide bonds. The van der Waals surface area contributed by atoms with Crippen molar-refractivity contribution in [1.82, 2.24) is 0 Å². The number of hydrogen-bond acceptors (Lipinski definition) is 5. The fraction of sp³-hybridized carbons (Fsp3) is 0.231. The number of rotatable bonds is 6. The van der Waals surface area contributed by atoms with E-state index in [1.54, 1.807) is 25.3 Å². The maximum atomic E-state index is 11.2. The Morgan fingerprint density at radius 2 is 2.00 bits per heavy atom. The topological polar surface area (TPSA) is 76.7 Å². The Kier molecular flexibility index (Phi) is 6.32. The monoisotopic (exact) mass is 276 g/mol. The van der Waals surface area contributed by atoms with Gasteiger partial charge >= 0.3 is 13.6 Å². The first-order valence-electron chi connectivity index (χ1n) is 5.97. The summed E-state index contributed by atoms with van der Waals surface area (Å²) in [6, 6.07) is 5.35. The number of ether oxygens (including phenoxy) is 1. The van der Waals surface area contributed by atoms with Crippen LogP contribution in [0.25, 0.3) is 6.08 Å². The zero-order chi connectivity index (χ0) is 15.0. The van der Waals surface area contributed by atoms with Crippen LogP contribution < -0.4 is 10.5 Å². The average Bonchev–Trinajstić information content (AvgIpc) is 2.43. The number of benzene rings is 1. The Morgan fingerprint density at radius 1 is 1.25 bits per heavy atom. The molecule has 0 spiro atoms. The highest BCUT2D eigenvalue weighted by Crippen LogP contribution is 2.23. The molecule has 106 valence electrons. The van der Waals surface area contributed by atoms with Crippen molar-refractivity contribution in [2.45, 2.75) is 6.92 Å². The van der Waals surface area contributed by atoms with Gasteiger partial charge in [-0.2, -0.15) is 0 Å². The number of methoxy groups -OCH3 is 1. The first-order valence-corrected chi connectivity index (χ1v) is 5.97. The van der Waals surface area contributed by atoms with Gasteiger partial charge < -0.3 is 19.9 Å². The molecule has 0 saturated carbocycles. The van der Waals surface area contributed by atoms with Crippen LogP contribution in [0.3, 0.4) is 0 Å². The maximum Gasteiger partial charge on any atom is 0.393 e. The third-order valence-electron chi connectivity index (χ3n) is 2.37. The zero-order valence-electron chi connectivity index (χ0n) is 11.7. The number of anilines is 2. The Hall–Kier alpha value is -2.28. The normalized spacial score (nSPS) is 10.2. The van der Waals surface area contributed by atoms with Gasteiger partial charge in [0.2, 0.25) is 5.91 Å². The van der Waals surface area contributed by atoms with Gasteiger partial charge in [-0.1, -0.05) is 6.07 Å². The highest BCUT2D eigenvalue weighted by molar-refractivity contribution is 6.33. The van der Waals surface area contributed by atoms with Crippen LogP contribution in [0, 0.1) is 0 Å². The third-order valence-corrected chi connectivity index (χ3v) is 2.37. The lowest BCUT2D eigenvalue weighted by Crippen LogP contribution is -2.13. The number of carbonyl (C=O) groups excluding carboxylic acids is 2. The van der Waals surface area contributed by atoms with E-state index in [-0.39, 0.29) is 5.91 Å². The maximum absolute atomic E-state index is 11.2. The van der Waals surface area contributed by atoms with Crippen molar-refractivity contribution in [2.24, 2.45) is 0 Å². The number of esters is 1. The molecule has 7 heteroatoms. The van der Waals surface area contributed by atoms with Crippen LogP contribution in [0.4, 0.5) is 11.4 Å². The van der Waals surface area contributed by atoms with Crippen molar-refractivity contribution in [2.75, 3.05) is 24.8 Å². The first kappa shape index (κ1) is 15.8. The van der Waals surface area contributed by atoms with Crippen molar-refractivity contribution in [3.8, 4) is 0 Å². The molecular weight excluding hydrogens is 259 g/mol. The molecule has 0 saturated heterocycles. The van der Waals surface area contributed by atoms with Gasteiger partial charge in [-0.05, 0) is 23.8 Å². The first-order chi connectivity index (χ1) is 9.56. The Balaban J connectivity index is 2.97. The molecule has 0 heterocycles. The lowest BCUT2D eigenvalue weighted by Gasteiger charge is -2.12. The van der Waals surface area contributed by atoms with Gasteiger partial charge in [0.15, 0.2) is 0 Å². The Bertz CT molecular complexity index is 517. The van der Waals surface area contributed by atoms with E-state index in [1.165, 1.54) is 20.1 Å². The number of amides is 1. The summed E-state index contributed by atoms with van der Waals surface area (Å²) < 4.78 is 9.45. The quantitative estimate of drug-likeness (QED) is 0.463.